The van der Waals surface area contributed by atoms with E-state index >= 15 is 0 Å². The second kappa shape index (κ2) is 8.06. The smallest absolute Gasteiger partial charge is 0.227 e. The van der Waals surface area contributed by atoms with Crippen molar-refractivity contribution in [3.8, 4) is 0 Å². The van der Waals surface area contributed by atoms with Gasteiger partial charge in [0.05, 0.1) is 11.7 Å². The van der Waals surface area contributed by atoms with E-state index in [0.29, 0.717) is 32.1 Å². The Morgan fingerprint density at radius 2 is 1.96 bits per heavy atom. The van der Waals surface area contributed by atoms with Crippen LogP contribution in [-0.4, -0.2) is 55.8 Å². The van der Waals surface area contributed by atoms with Crippen molar-refractivity contribution in [2.45, 2.75) is 38.0 Å². The summed E-state index contributed by atoms with van der Waals surface area (Å²) in [6.07, 6.45) is 2.42. The fraction of sp³-hybridized carbons (Fsp3) is 0.632. The molecule has 7 heteroatoms. The molecule has 0 aliphatic carbocycles. The zero-order valence-electron chi connectivity index (χ0n) is 15.4. The lowest BCUT2D eigenvalue weighted by molar-refractivity contribution is -0.137. The summed E-state index contributed by atoms with van der Waals surface area (Å²) in [5.74, 6) is 0.196. The number of hydrogen-bond acceptors (Lipinski definition) is 4. The molecule has 3 atom stereocenters. The Balaban J connectivity index is 1.66. The predicted octanol–water partition coefficient (Wildman–Crippen LogP) is 1.42. The minimum absolute atomic E-state index is 0.00981. The molecule has 0 aromatic heterocycles. The van der Waals surface area contributed by atoms with Gasteiger partial charge in [0.25, 0.3) is 0 Å². The number of piperidine rings is 1. The van der Waals surface area contributed by atoms with Crippen LogP contribution in [0.3, 0.4) is 0 Å². The maximum atomic E-state index is 13.0. The predicted molar refractivity (Wildman–Crippen MR) is 102 cm³/mol. The van der Waals surface area contributed by atoms with Crippen LogP contribution in [-0.2, 0) is 20.6 Å². The monoisotopic (exact) mass is 379 g/mol. The largest absolute Gasteiger partial charge is 0.339 e. The standard InChI is InChI=1S/C19H29N3O3S/c1-15-10-17(11-20)12-22(15)19(23)18-8-5-9-21(13-18)26(24,25)14-16-6-3-2-4-7-16/h2-4,6-7,15,17-18H,5,8-14,20H2,1H3. The van der Waals surface area contributed by atoms with Crippen molar-refractivity contribution in [3.05, 3.63) is 35.9 Å². The van der Waals surface area contributed by atoms with Gasteiger partial charge in [0, 0.05) is 25.7 Å². The molecular weight excluding hydrogens is 350 g/mol. The Labute approximate surface area is 156 Å². The molecule has 2 heterocycles. The van der Waals surface area contributed by atoms with Crippen LogP contribution in [0.2, 0.25) is 0 Å². The fourth-order valence-electron chi connectivity index (χ4n) is 4.13. The highest BCUT2D eigenvalue weighted by Gasteiger charge is 2.38. The van der Waals surface area contributed by atoms with Gasteiger partial charge in [-0.05, 0) is 44.2 Å². The highest BCUT2D eigenvalue weighted by Crippen LogP contribution is 2.28. The second-order valence-electron chi connectivity index (χ2n) is 7.62. The van der Waals surface area contributed by atoms with E-state index in [1.807, 2.05) is 35.2 Å². The van der Waals surface area contributed by atoms with E-state index in [9.17, 15) is 13.2 Å². The number of amides is 1. The highest BCUT2D eigenvalue weighted by atomic mass is 32.2. The number of nitrogens with zero attached hydrogens (tertiary/aromatic N) is 2. The summed E-state index contributed by atoms with van der Waals surface area (Å²) in [5.41, 5.74) is 6.54. The summed E-state index contributed by atoms with van der Waals surface area (Å²) in [6.45, 7) is 4.14. The number of carbonyl (C=O) groups excluding carboxylic acids is 1. The number of benzene rings is 1. The number of rotatable bonds is 5. The normalized spacial score (nSPS) is 27.6. The lowest BCUT2D eigenvalue weighted by atomic mass is 9.98. The van der Waals surface area contributed by atoms with Gasteiger partial charge >= 0.3 is 0 Å². The van der Waals surface area contributed by atoms with E-state index in [1.165, 1.54) is 4.31 Å². The van der Waals surface area contributed by atoms with Crippen molar-refractivity contribution in [3.63, 3.8) is 0 Å². The molecule has 2 aliphatic heterocycles. The average molecular weight is 380 g/mol. The van der Waals surface area contributed by atoms with E-state index in [0.717, 1.165) is 24.8 Å². The third-order valence-electron chi connectivity index (χ3n) is 5.60. The molecule has 2 N–H and O–H groups in total. The molecule has 0 spiro atoms. The summed E-state index contributed by atoms with van der Waals surface area (Å²) in [6, 6.07) is 9.39. The molecule has 3 rings (SSSR count). The summed E-state index contributed by atoms with van der Waals surface area (Å²) in [5, 5.41) is 0. The Morgan fingerprint density at radius 1 is 1.23 bits per heavy atom. The number of hydrogen-bond donors (Lipinski definition) is 1. The van der Waals surface area contributed by atoms with E-state index in [4.69, 9.17) is 5.73 Å². The lowest BCUT2D eigenvalue weighted by Gasteiger charge is -2.34. The van der Waals surface area contributed by atoms with Gasteiger partial charge in [0.2, 0.25) is 15.9 Å². The minimum atomic E-state index is -3.41. The summed E-state index contributed by atoms with van der Waals surface area (Å²) >= 11 is 0. The number of carbonyl (C=O) groups is 1. The van der Waals surface area contributed by atoms with Crippen molar-refractivity contribution in [2.75, 3.05) is 26.2 Å². The van der Waals surface area contributed by atoms with Gasteiger partial charge in [0.1, 0.15) is 0 Å². The number of likely N-dealkylation sites (tertiary alicyclic amines) is 1. The molecule has 1 aromatic rings. The number of nitrogens with two attached hydrogens (primary N) is 1. The SMILES string of the molecule is CC1CC(CN)CN1C(=O)C1CCCN(S(=O)(=O)Cc2ccccc2)C1. The Morgan fingerprint density at radius 3 is 2.62 bits per heavy atom. The van der Waals surface area contributed by atoms with Crippen molar-refractivity contribution in [1.29, 1.82) is 0 Å². The molecule has 2 saturated heterocycles. The average Bonchev–Trinajstić information content (AvgIpc) is 3.02. The molecule has 1 amide bonds. The molecule has 1 aromatic carbocycles. The van der Waals surface area contributed by atoms with Crippen LogP contribution >= 0.6 is 0 Å². The van der Waals surface area contributed by atoms with Crippen molar-refractivity contribution in [2.24, 2.45) is 17.6 Å². The zero-order valence-corrected chi connectivity index (χ0v) is 16.2. The minimum Gasteiger partial charge on any atom is -0.339 e. The number of sulfonamides is 1. The molecule has 2 fully saturated rings. The second-order valence-corrected chi connectivity index (χ2v) is 9.58. The van der Waals surface area contributed by atoms with Crippen LogP contribution in [0.4, 0.5) is 0 Å². The van der Waals surface area contributed by atoms with Gasteiger partial charge in [0.15, 0.2) is 0 Å². The summed E-state index contributed by atoms with van der Waals surface area (Å²) in [4.78, 5) is 14.9. The van der Waals surface area contributed by atoms with Crippen LogP contribution in [0.25, 0.3) is 0 Å². The van der Waals surface area contributed by atoms with E-state index in [1.54, 1.807) is 0 Å². The third-order valence-corrected chi connectivity index (χ3v) is 7.41. The van der Waals surface area contributed by atoms with E-state index in [-0.39, 0.29) is 23.6 Å². The Kier molecular flexibility index (Phi) is 5.99. The first-order chi connectivity index (χ1) is 12.4. The van der Waals surface area contributed by atoms with Crippen LogP contribution < -0.4 is 5.73 Å². The van der Waals surface area contributed by atoms with Crippen LogP contribution in [0, 0.1) is 11.8 Å². The van der Waals surface area contributed by atoms with Crippen LogP contribution in [0.5, 0.6) is 0 Å². The fourth-order valence-corrected chi connectivity index (χ4v) is 5.74. The first-order valence-corrected chi connectivity index (χ1v) is 11.0. The topological polar surface area (TPSA) is 83.7 Å². The van der Waals surface area contributed by atoms with E-state index < -0.39 is 10.0 Å². The first kappa shape index (κ1) is 19.3. The molecule has 0 saturated carbocycles. The van der Waals surface area contributed by atoms with Crippen LogP contribution in [0.1, 0.15) is 31.7 Å². The van der Waals surface area contributed by atoms with E-state index in [2.05, 4.69) is 6.92 Å². The molecule has 2 aliphatic rings. The van der Waals surface area contributed by atoms with Gasteiger partial charge in [-0.1, -0.05) is 30.3 Å². The van der Waals surface area contributed by atoms with Gasteiger partial charge < -0.3 is 10.6 Å². The Hall–Kier alpha value is -1.44. The van der Waals surface area contributed by atoms with Gasteiger partial charge in [-0.2, -0.15) is 0 Å². The molecular formula is C19H29N3O3S. The molecule has 3 unspecified atom stereocenters. The van der Waals surface area contributed by atoms with Crippen molar-refractivity contribution in [1.82, 2.24) is 9.21 Å². The maximum absolute atomic E-state index is 13.0. The van der Waals surface area contributed by atoms with Crippen LogP contribution in [0.15, 0.2) is 30.3 Å². The lowest BCUT2D eigenvalue weighted by Crippen LogP contribution is -2.47. The molecule has 26 heavy (non-hydrogen) atoms. The quantitative estimate of drug-likeness (QED) is 0.839. The van der Waals surface area contributed by atoms with Crippen molar-refractivity contribution >= 4 is 15.9 Å². The molecule has 0 bridgehead atoms. The summed E-state index contributed by atoms with van der Waals surface area (Å²) in [7, 11) is -3.41. The molecule has 6 nitrogen and oxygen atoms in total. The maximum Gasteiger partial charge on any atom is 0.227 e. The van der Waals surface area contributed by atoms with Gasteiger partial charge in [-0.15, -0.1) is 0 Å². The highest BCUT2D eigenvalue weighted by molar-refractivity contribution is 7.88. The molecule has 0 radical (unpaired) electrons. The zero-order chi connectivity index (χ0) is 18.7. The van der Waals surface area contributed by atoms with Gasteiger partial charge in [-0.3, -0.25) is 4.79 Å². The summed E-state index contributed by atoms with van der Waals surface area (Å²) < 4.78 is 27.1. The Bertz CT molecular complexity index is 723. The van der Waals surface area contributed by atoms with Crippen molar-refractivity contribution < 1.29 is 13.2 Å². The first-order valence-electron chi connectivity index (χ1n) is 9.43. The molecule has 144 valence electrons. The van der Waals surface area contributed by atoms with Gasteiger partial charge in [-0.25, -0.2) is 12.7 Å². The third kappa shape index (κ3) is 4.27.